The van der Waals surface area contributed by atoms with Crippen molar-refractivity contribution in [2.75, 3.05) is 5.32 Å². The monoisotopic (exact) mass is 647 g/mol. The highest BCUT2D eigenvalue weighted by atomic mass is 32.1. The van der Waals surface area contributed by atoms with Crippen molar-refractivity contribution in [3.63, 3.8) is 0 Å². The molecule has 1 heterocycles. The van der Waals surface area contributed by atoms with Gasteiger partial charge in [-0.3, -0.25) is 19.7 Å². The molecule has 9 heteroatoms. The zero-order valence-electron chi connectivity index (χ0n) is 25.9. The number of carbonyl (C=O) groups excluding carboxylic acids is 3. The van der Waals surface area contributed by atoms with E-state index in [0.717, 1.165) is 22.3 Å². The summed E-state index contributed by atoms with van der Waals surface area (Å²) in [5.74, 6) is -1.18. The van der Waals surface area contributed by atoms with E-state index in [0.29, 0.717) is 30.1 Å². The van der Waals surface area contributed by atoms with Crippen LogP contribution in [0.2, 0.25) is 0 Å². The second kappa shape index (κ2) is 17.5. The Balaban J connectivity index is 1.26. The first-order valence-corrected chi connectivity index (χ1v) is 16.4. The van der Waals surface area contributed by atoms with E-state index >= 15 is 0 Å². The van der Waals surface area contributed by atoms with E-state index in [1.54, 1.807) is 5.38 Å². The van der Waals surface area contributed by atoms with Gasteiger partial charge in [0.15, 0.2) is 5.13 Å². The number of amides is 1. The molecule has 0 saturated carbocycles. The lowest BCUT2D eigenvalue weighted by Crippen LogP contribution is -2.50. The van der Waals surface area contributed by atoms with Crippen LogP contribution in [0.1, 0.15) is 34.4 Å². The average Bonchev–Trinajstić information content (AvgIpc) is 3.55. The number of thiazole rings is 1. The maximum absolute atomic E-state index is 13.8. The highest BCUT2D eigenvalue weighted by Gasteiger charge is 2.28. The fraction of sp³-hybridized carbons (Fsp3) is 0.211. The normalized spacial score (nSPS) is 12.1. The third-order valence-corrected chi connectivity index (χ3v) is 8.23. The maximum Gasteiger partial charge on any atom is 0.323 e. The Morgan fingerprint density at radius 3 is 1.79 bits per heavy atom. The summed E-state index contributed by atoms with van der Waals surface area (Å²) < 4.78 is 11.1. The van der Waals surface area contributed by atoms with Crippen LogP contribution in [0.4, 0.5) is 5.13 Å². The molecular weight excluding hydrogens is 611 g/mol. The Morgan fingerprint density at radius 2 is 1.19 bits per heavy atom. The quantitative estimate of drug-likeness (QED) is 0.121. The Hall–Kier alpha value is -5.12. The third kappa shape index (κ3) is 11.0. The molecule has 240 valence electrons. The lowest BCUT2D eigenvalue weighted by molar-refractivity contribution is -0.148. The summed E-state index contributed by atoms with van der Waals surface area (Å²) in [6.45, 7) is 0.313. The number of benzene rings is 4. The number of carbonyl (C=O) groups is 3. The van der Waals surface area contributed by atoms with Crippen LogP contribution in [0, 0.1) is 0 Å². The molecule has 8 nitrogen and oxygen atoms in total. The van der Waals surface area contributed by atoms with Gasteiger partial charge in [0.1, 0.15) is 19.3 Å². The molecule has 0 aliphatic rings. The Kier molecular flexibility index (Phi) is 12.4. The fourth-order valence-corrected chi connectivity index (χ4v) is 5.66. The van der Waals surface area contributed by atoms with E-state index in [4.69, 9.17) is 9.47 Å². The number of aromatic nitrogens is 1. The lowest BCUT2D eigenvalue weighted by Gasteiger charge is -2.24. The van der Waals surface area contributed by atoms with Crippen molar-refractivity contribution in [3.8, 4) is 0 Å². The lowest BCUT2D eigenvalue weighted by atomic mass is 10.0. The van der Waals surface area contributed by atoms with Gasteiger partial charge in [0, 0.05) is 5.38 Å². The van der Waals surface area contributed by atoms with Gasteiger partial charge in [0.2, 0.25) is 5.91 Å². The first-order chi connectivity index (χ1) is 23.0. The molecule has 0 unspecified atom stereocenters. The summed E-state index contributed by atoms with van der Waals surface area (Å²) in [4.78, 5) is 44.1. The number of aryl methyl sites for hydroxylation is 1. The number of ether oxygens (including phenoxy) is 2. The van der Waals surface area contributed by atoms with E-state index in [1.165, 1.54) is 11.3 Å². The highest BCUT2D eigenvalue weighted by molar-refractivity contribution is 7.13. The Morgan fingerprint density at radius 1 is 0.660 bits per heavy atom. The van der Waals surface area contributed by atoms with Gasteiger partial charge in [0.25, 0.3) is 0 Å². The van der Waals surface area contributed by atoms with Crippen LogP contribution in [0.25, 0.3) is 0 Å². The summed E-state index contributed by atoms with van der Waals surface area (Å²) in [5, 5.41) is 8.29. The van der Waals surface area contributed by atoms with Crippen LogP contribution in [0.5, 0.6) is 0 Å². The summed E-state index contributed by atoms with van der Waals surface area (Å²) >= 11 is 1.23. The van der Waals surface area contributed by atoms with Crippen molar-refractivity contribution >= 4 is 34.3 Å². The smallest absolute Gasteiger partial charge is 0.323 e. The van der Waals surface area contributed by atoms with Gasteiger partial charge in [-0.1, -0.05) is 121 Å². The van der Waals surface area contributed by atoms with Gasteiger partial charge in [-0.15, -0.1) is 11.3 Å². The fourth-order valence-electron chi connectivity index (χ4n) is 4.95. The van der Waals surface area contributed by atoms with Crippen molar-refractivity contribution < 1.29 is 23.9 Å². The first-order valence-electron chi connectivity index (χ1n) is 15.5. The van der Waals surface area contributed by atoms with Crippen LogP contribution < -0.4 is 10.6 Å². The minimum atomic E-state index is -0.773. The summed E-state index contributed by atoms with van der Waals surface area (Å²) in [6.07, 6.45) is 1.38. The van der Waals surface area contributed by atoms with Gasteiger partial charge in [-0.25, -0.2) is 4.98 Å². The molecule has 47 heavy (non-hydrogen) atoms. The molecule has 0 aliphatic heterocycles. The largest absolute Gasteiger partial charge is 0.461 e. The Bertz CT molecular complexity index is 1700. The molecule has 0 aliphatic carbocycles. The molecule has 5 rings (SSSR count). The van der Waals surface area contributed by atoms with E-state index in [9.17, 15) is 14.4 Å². The van der Waals surface area contributed by atoms with E-state index in [-0.39, 0.29) is 25.5 Å². The molecule has 1 aromatic heterocycles. The third-order valence-electron chi connectivity index (χ3n) is 7.42. The zero-order valence-corrected chi connectivity index (χ0v) is 26.7. The van der Waals surface area contributed by atoms with Crippen LogP contribution in [0.3, 0.4) is 0 Å². The topological polar surface area (TPSA) is 107 Å². The van der Waals surface area contributed by atoms with E-state index < -0.39 is 24.0 Å². The molecule has 0 saturated heterocycles. The molecule has 0 radical (unpaired) electrons. The molecule has 0 bridgehead atoms. The zero-order chi connectivity index (χ0) is 32.7. The maximum atomic E-state index is 13.8. The van der Waals surface area contributed by atoms with Crippen molar-refractivity contribution in [3.05, 3.63) is 155 Å². The van der Waals surface area contributed by atoms with Crippen LogP contribution in [0.15, 0.2) is 127 Å². The predicted octanol–water partition coefficient (Wildman–Crippen LogP) is 6.31. The molecule has 5 aromatic rings. The first kappa shape index (κ1) is 33.2. The number of anilines is 1. The van der Waals surface area contributed by atoms with Crippen molar-refractivity contribution in [2.45, 2.75) is 51.0 Å². The van der Waals surface area contributed by atoms with Crippen LogP contribution >= 0.6 is 11.3 Å². The number of esters is 2. The molecule has 0 spiro atoms. The van der Waals surface area contributed by atoms with Gasteiger partial charge < -0.3 is 14.8 Å². The van der Waals surface area contributed by atoms with E-state index in [2.05, 4.69) is 15.6 Å². The van der Waals surface area contributed by atoms with Crippen molar-refractivity contribution in [1.82, 2.24) is 10.3 Å². The predicted molar refractivity (Wildman–Crippen MR) is 183 cm³/mol. The summed E-state index contributed by atoms with van der Waals surface area (Å²) in [7, 11) is 0. The van der Waals surface area contributed by atoms with E-state index in [1.807, 2.05) is 121 Å². The van der Waals surface area contributed by atoms with Gasteiger partial charge in [-0.2, -0.15) is 0 Å². The summed E-state index contributed by atoms with van der Waals surface area (Å²) in [5.41, 5.74) is 4.29. The SMILES string of the molecule is O=C(Cc1csc(NC(=O)[C@H](Cc2ccccc2)N[C@@H](CCc2ccccc2)C(=O)OCc2ccccc2)n1)OCc1ccccc1. The molecule has 4 aromatic carbocycles. The summed E-state index contributed by atoms with van der Waals surface area (Å²) in [6, 6.07) is 36.9. The molecular formula is C38H37N3O5S. The highest BCUT2D eigenvalue weighted by Crippen LogP contribution is 2.18. The van der Waals surface area contributed by atoms with Gasteiger partial charge in [0.05, 0.1) is 18.2 Å². The minimum Gasteiger partial charge on any atom is -0.461 e. The molecule has 0 fully saturated rings. The van der Waals surface area contributed by atoms with Gasteiger partial charge in [-0.05, 0) is 41.5 Å². The average molecular weight is 648 g/mol. The molecule has 2 N–H and O–H groups in total. The standard InChI is InChI=1S/C38H37N3O5S/c42-35(45-25-30-17-9-3-10-18-30)24-32-27-47-38(39-32)41-36(43)34(23-29-15-7-2-8-16-29)40-33(22-21-28-13-5-1-6-14-28)37(44)46-26-31-19-11-4-12-20-31/h1-20,27,33-34,40H,21-26H2,(H,39,41,43)/t33-,34-/m0/s1. The van der Waals surface area contributed by atoms with Crippen molar-refractivity contribution in [2.24, 2.45) is 0 Å². The molecule has 2 atom stereocenters. The van der Waals surface area contributed by atoms with Crippen LogP contribution in [-0.2, 0) is 56.3 Å². The second-order valence-electron chi connectivity index (χ2n) is 11.0. The Labute approximate surface area is 278 Å². The van der Waals surface area contributed by atoms with Crippen molar-refractivity contribution in [1.29, 1.82) is 0 Å². The second-order valence-corrected chi connectivity index (χ2v) is 11.9. The van der Waals surface area contributed by atoms with Gasteiger partial charge >= 0.3 is 11.9 Å². The number of nitrogens with one attached hydrogen (secondary N) is 2. The number of hydrogen-bond acceptors (Lipinski definition) is 8. The van der Waals surface area contributed by atoms with Crippen LogP contribution in [-0.4, -0.2) is 34.9 Å². The minimum absolute atomic E-state index is 0.0142. The number of hydrogen-bond donors (Lipinski definition) is 2. The molecule has 1 amide bonds. The number of nitrogens with zero attached hydrogens (tertiary/aromatic N) is 1. The number of rotatable bonds is 16.